The maximum absolute atomic E-state index is 12.0. The number of alkyl halides is 1. The van der Waals surface area contributed by atoms with Gasteiger partial charge in [-0.3, -0.25) is 4.79 Å². The van der Waals surface area contributed by atoms with Crippen molar-refractivity contribution in [3.8, 4) is 0 Å². The monoisotopic (exact) mass is 509 g/mol. The molecule has 1 amide bonds. The van der Waals surface area contributed by atoms with E-state index < -0.39 is 29.9 Å². The second-order valence-electron chi connectivity index (χ2n) is 8.78. The third-order valence-corrected chi connectivity index (χ3v) is 6.34. The lowest BCUT2D eigenvalue weighted by atomic mass is 9.97. The van der Waals surface area contributed by atoms with Crippen LogP contribution in [0.25, 0.3) is 0 Å². The van der Waals surface area contributed by atoms with E-state index in [9.17, 15) is 4.79 Å². The van der Waals surface area contributed by atoms with E-state index in [4.69, 9.17) is 30.5 Å². The molecule has 6 nitrogen and oxygen atoms in total. The summed E-state index contributed by atoms with van der Waals surface area (Å²) in [5.41, 5.74) is 2.28. The minimum Gasteiger partial charge on any atom is -0.374 e. The summed E-state index contributed by atoms with van der Waals surface area (Å²) in [6, 6.07) is 29.1. The molecular weight excluding hydrogens is 478 g/mol. The fourth-order valence-electron chi connectivity index (χ4n) is 4.21. The van der Waals surface area contributed by atoms with Crippen LogP contribution in [0.1, 0.15) is 23.6 Å². The number of carbonyl (C=O) groups excluding carboxylic acids is 1. The van der Waals surface area contributed by atoms with Gasteiger partial charge in [0, 0.05) is 6.92 Å². The van der Waals surface area contributed by atoms with Crippen molar-refractivity contribution in [3.05, 3.63) is 108 Å². The van der Waals surface area contributed by atoms with Crippen LogP contribution < -0.4 is 5.32 Å². The van der Waals surface area contributed by atoms with E-state index in [1.165, 1.54) is 6.92 Å². The molecular formula is C29H32ClNO5. The molecule has 190 valence electrons. The first-order valence-electron chi connectivity index (χ1n) is 12.1. The third kappa shape index (κ3) is 7.63. The van der Waals surface area contributed by atoms with Gasteiger partial charge in [0.2, 0.25) is 5.91 Å². The van der Waals surface area contributed by atoms with Crippen molar-refractivity contribution in [1.82, 2.24) is 5.32 Å². The predicted molar refractivity (Wildman–Crippen MR) is 138 cm³/mol. The Bertz CT molecular complexity index is 1050. The highest BCUT2D eigenvalue weighted by Crippen LogP contribution is 2.30. The fraction of sp³-hybridized carbons (Fsp3) is 0.345. The molecule has 5 atom stereocenters. The van der Waals surface area contributed by atoms with Crippen molar-refractivity contribution in [2.24, 2.45) is 0 Å². The zero-order chi connectivity index (χ0) is 25.2. The van der Waals surface area contributed by atoms with Gasteiger partial charge in [-0.05, 0) is 16.7 Å². The highest BCUT2D eigenvalue weighted by atomic mass is 35.5. The van der Waals surface area contributed by atoms with E-state index >= 15 is 0 Å². The van der Waals surface area contributed by atoms with Crippen LogP contribution in [0.5, 0.6) is 0 Å². The van der Waals surface area contributed by atoms with Gasteiger partial charge in [-0.1, -0.05) is 103 Å². The summed E-state index contributed by atoms with van der Waals surface area (Å²) in [4.78, 5) is 12.0. The van der Waals surface area contributed by atoms with E-state index in [-0.39, 0.29) is 12.5 Å². The summed E-state index contributed by atoms with van der Waals surface area (Å²) < 4.78 is 24.9. The Labute approximate surface area is 217 Å². The van der Waals surface area contributed by atoms with Gasteiger partial charge in [-0.15, -0.1) is 0 Å². The lowest BCUT2D eigenvalue weighted by molar-refractivity contribution is -0.217. The van der Waals surface area contributed by atoms with Crippen LogP contribution in [0.4, 0.5) is 0 Å². The van der Waals surface area contributed by atoms with Crippen molar-refractivity contribution >= 4 is 17.5 Å². The summed E-state index contributed by atoms with van der Waals surface area (Å²) >= 11 is 6.65. The average molecular weight is 510 g/mol. The van der Waals surface area contributed by atoms with Crippen LogP contribution in [0.2, 0.25) is 0 Å². The molecule has 0 saturated carbocycles. The van der Waals surface area contributed by atoms with Gasteiger partial charge in [0.25, 0.3) is 0 Å². The molecule has 1 N–H and O–H groups in total. The molecule has 3 aromatic carbocycles. The Morgan fingerprint density at radius 3 is 1.75 bits per heavy atom. The van der Waals surface area contributed by atoms with Crippen LogP contribution in [-0.4, -0.2) is 42.4 Å². The van der Waals surface area contributed by atoms with Gasteiger partial charge in [0.1, 0.15) is 18.3 Å². The first-order chi connectivity index (χ1) is 17.6. The summed E-state index contributed by atoms with van der Waals surface area (Å²) in [5, 5.41) is 2.91. The molecule has 36 heavy (non-hydrogen) atoms. The van der Waals surface area contributed by atoms with E-state index in [0.717, 1.165) is 16.7 Å². The number of benzene rings is 3. The second-order valence-corrected chi connectivity index (χ2v) is 9.21. The third-order valence-electron chi connectivity index (χ3n) is 5.97. The quantitative estimate of drug-likeness (QED) is 0.375. The molecule has 0 radical (unpaired) electrons. The molecule has 0 aliphatic carbocycles. The van der Waals surface area contributed by atoms with Crippen molar-refractivity contribution < 1.29 is 23.7 Å². The smallest absolute Gasteiger partial charge is 0.217 e. The SMILES string of the molecule is CC(=O)N[C@@H]1[C@@H](OCc2ccccc2)[C@@H](OCc2ccccc2)[C@@H](COCc2ccccc2)O[C@@H]1Cl. The number of rotatable bonds is 11. The van der Waals surface area contributed by atoms with Crippen LogP contribution in [0.15, 0.2) is 91.0 Å². The molecule has 0 unspecified atom stereocenters. The Morgan fingerprint density at radius 1 is 0.778 bits per heavy atom. The highest BCUT2D eigenvalue weighted by Gasteiger charge is 2.47. The molecule has 7 heteroatoms. The second kappa shape index (κ2) is 13.5. The number of ether oxygens (including phenoxy) is 4. The number of nitrogens with one attached hydrogen (secondary N) is 1. The number of hydrogen-bond donors (Lipinski definition) is 1. The molecule has 0 bridgehead atoms. The van der Waals surface area contributed by atoms with Gasteiger partial charge in [-0.2, -0.15) is 0 Å². The Morgan fingerprint density at radius 2 is 1.25 bits per heavy atom. The summed E-state index contributed by atoms with van der Waals surface area (Å²) in [6.45, 7) is 2.84. The Kier molecular flexibility index (Phi) is 9.90. The predicted octanol–water partition coefficient (Wildman–Crippen LogP) is 4.84. The number of carbonyl (C=O) groups is 1. The maximum atomic E-state index is 12.0. The van der Waals surface area contributed by atoms with Crippen LogP contribution in [-0.2, 0) is 43.6 Å². The average Bonchev–Trinajstić information content (AvgIpc) is 2.90. The highest BCUT2D eigenvalue weighted by molar-refractivity contribution is 6.20. The van der Waals surface area contributed by atoms with Crippen molar-refractivity contribution in [3.63, 3.8) is 0 Å². The van der Waals surface area contributed by atoms with Crippen molar-refractivity contribution in [2.45, 2.75) is 56.7 Å². The number of hydrogen-bond acceptors (Lipinski definition) is 5. The largest absolute Gasteiger partial charge is 0.374 e. The maximum Gasteiger partial charge on any atom is 0.217 e. The van der Waals surface area contributed by atoms with Gasteiger partial charge in [-0.25, -0.2) is 0 Å². The topological polar surface area (TPSA) is 66.0 Å². The molecule has 3 aromatic rings. The van der Waals surface area contributed by atoms with Gasteiger partial charge in [0.15, 0.2) is 5.56 Å². The molecule has 1 fully saturated rings. The fourth-order valence-corrected chi connectivity index (χ4v) is 4.55. The first kappa shape index (κ1) is 26.3. The first-order valence-corrected chi connectivity index (χ1v) is 12.5. The van der Waals surface area contributed by atoms with Gasteiger partial charge < -0.3 is 24.3 Å². The summed E-state index contributed by atoms with van der Waals surface area (Å²) in [7, 11) is 0. The summed E-state index contributed by atoms with van der Waals surface area (Å²) in [6.07, 6.45) is -1.58. The number of halogens is 1. The van der Waals surface area contributed by atoms with E-state index in [1.54, 1.807) is 0 Å². The Hall–Kier alpha value is -2.74. The summed E-state index contributed by atoms with van der Waals surface area (Å²) in [5.74, 6) is -0.219. The standard InChI is InChI=1S/C29H32ClNO5/c1-21(32)31-26-28(35-19-24-15-9-4-10-16-24)27(34-18-23-13-7-3-8-14-23)25(36-29(26)30)20-33-17-22-11-5-2-6-12-22/h2-16,25-29H,17-20H2,1H3,(H,31,32)/t25-,26-,27+,28-,29+/m1/s1. The molecule has 1 saturated heterocycles. The lowest BCUT2D eigenvalue weighted by Gasteiger charge is -2.44. The normalized spacial score (nSPS) is 23.8. The van der Waals surface area contributed by atoms with E-state index in [0.29, 0.717) is 19.8 Å². The van der Waals surface area contributed by atoms with Gasteiger partial charge in [0.05, 0.1) is 32.5 Å². The molecule has 4 rings (SSSR count). The van der Waals surface area contributed by atoms with Crippen LogP contribution in [0, 0.1) is 0 Å². The Balaban J connectivity index is 1.53. The molecule has 1 aliphatic rings. The van der Waals surface area contributed by atoms with Gasteiger partial charge >= 0.3 is 0 Å². The molecule has 1 heterocycles. The molecule has 0 aromatic heterocycles. The molecule has 0 spiro atoms. The zero-order valence-electron chi connectivity index (χ0n) is 20.3. The minimum absolute atomic E-state index is 0.219. The number of amides is 1. The zero-order valence-corrected chi connectivity index (χ0v) is 21.1. The lowest BCUT2D eigenvalue weighted by Crippen LogP contribution is -2.64. The van der Waals surface area contributed by atoms with Crippen molar-refractivity contribution in [1.29, 1.82) is 0 Å². The van der Waals surface area contributed by atoms with Crippen LogP contribution >= 0.6 is 11.6 Å². The van der Waals surface area contributed by atoms with Crippen molar-refractivity contribution in [2.75, 3.05) is 6.61 Å². The molecule has 1 aliphatic heterocycles. The minimum atomic E-state index is -0.809. The van der Waals surface area contributed by atoms with E-state index in [1.807, 2.05) is 91.0 Å². The van der Waals surface area contributed by atoms with E-state index in [2.05, 4.69) is 5.32 Å². The van der Waals surface area contributed by atoms with Crippen LogP contribution in [0.3, 0.4) is 0 Å².